The van der Waals surface area contributed by atoms with E-state index < -0.39 is 59.4 Å². The molecule has 268 valence electrons. The number of alkyl carbamates (subject to hydrolysis) is 1. The second-order valence-electron chi connectivity index (χ2n) is 13.4. The fraction of sp³-hybridized carbons (Fsp3) is 0.375. The van der Waals surface area contributed by atoms with Gasteiger partial charge in [-0.3, -0.25) is 9.69 Å². The number of alkyl halides is 3. The van der Waals surface area contributed by atoms with Crippen LogP contribution in [0.1, 0.15) is 57.2 Å². The van der Waals surface area contributed by atoms with Gasteiger partial charge in [0.1, 0.15) is 30.3 Å². The number of ether oxygens (including phenoxy) is 1. The highest BCUT2D eigenvalue weighted by atomic mass is 35.5. The van der Waals surface area contributed by atoms with Crippen molar-refractivity contribution in [3.8, 4) is 17.1 Å². The van der Waals surface area contributed by atoms with Gasteiger partial charge in [0.2, 0.25) is 18.2 Å². The first-order valence-electron chi connectivity index (χ1n) is 15.5. The number of guanidine groups is 1. The summed E-state index contributed by atoms with van der Waals surface area (Å²) in [7, 11) is 0. The van der Waals surface area contributed by atoms with Crippen molar-refractivity contribution >= 4 is 35.7 Å². The number of carbonyl (C=O) groups excluding carboxylic acids is 2. The number of hydrogen-bond acceptors (Lipinski definition) is 9. The van der Waals surface area contributed by atoms with Crippen molar-refractivity contribution in [2.45, 2.75) is 63.3 Å². The SMILES string of the molecule is CC(C)(C)CC1(c2ccc(-c3ncon3)cc2)NC(=NC(=O)O)N([C@H](COC(=O)NC2(C(F)(F)F)CC2)c2ccc(Cl)c(-n3cncn3)c2)C1=O. The van der Waals surface area contributed by atoms with E-state index >= 15 is 4.79 Å². The number of hydrogen-bond donors (Lipinski definition) is 3. The molecule has 15 nitrogen and oxygen atoms in total. The van der Waals surface area contributed by atoms with Crippen LogP contribution in [0, 0.1) is 5.41 Å². The van der Waals surface area contributed by atoms with Gasteiger partial charge in [-0.15, -0.1) is 4.99 Å². The summed E-state index contributed by atoms with van der Waals surface area (Å²) in [5.74, 6) is -0.782. The van der Waals surface area contributed by atoms with Gasteiger partial charge in [-0.2, -0.15) is 23.3 Å². The van der Waals surface area contributed by atoms with Crippen LogP contribution in [-0.2, 0) is 15.1 Å². The molecule has 6 rings (SSSR count). The summed E-state index contributed by atoms with van der Waals surface area (Å²) in [4.78, 5) is 52.7. The molecule has 1 aliphatic heterocycles. The highest BCUT2D eigenvalue weighted by Crippen LogP contribution is 2.49. The van der Waals surface area contributed by atoms with Crippen molar-refractivity contribution in [3.05, 3.63) is 77.7 Å². The van der Waals surface area contributed by atoms with E-state index in [1.165, 1.54) is 41.9 Å². The number of amides is 3. The van der Waals surface area contributed by atoms with E-state index in [-0.39, 0.29) is 29.8 Å². The summed E-state index contributed by atoms with van der Waals surface area (Å²) in [6.07, 6.45) is -4.47. The van der Waals surface area contributed by atoms with Crippen LogP contribution in [0.3, 0.4) is 0 Å². The third-order valence-corrected chi connectivity index (χ3v) is 8.79. The van der Waals surface area contributed by atoms with Crippen LogP contribution >= 0.6 is 11.6 Å². The van der Waals surface area contributed by atoms with Crippen LogP contribution in [0.2, 0.25) is 5.02 Å². The maximum atomic E-state index is 15.0. The normalized spacial score (nSPS) is 19.9. The summed E-state index contributed by atoms with van der Waals surface area (Å²) in [5, 5.41) is 23.0. The Morgan fingerprint density at radius 3 is 2.47 bits per heavy atom. The lowest BCUT2D eigenvalue weighted by atomic mass is 9.75. The number of carbonyl (C=O) groups is 3. The molecule has 3 heterocycles. The molecule has 4 aromatic rings. The summed E-state index contributed by atoms with van der Waals surface area (Å²) < 4.78 is 52.5. The van der Waals surface area contributed by atoms with E-state index in [1.807, 2.05) is 26.1 Å². The van der Waals surface area contributed by atoms with E-state index in [2.05, 4.69) is 30.5 Å². The number of benzene rings is 2. The monoisotopic (exact) mass is 729 g/mol. The van der Waals surface area contributed by atoms with Gasteiger partial charge in [0.15, 0.2) is 0 Å². The van der Waals surface area contributed by atoms with Crippen LogP contribution in [0.15, 0.2) is 71.0 Å². The molecule has 1 saturated heterocycles. The molecule has 0 bridgehead atoms. The number of carboxylic acid groups (broad SMARTS) is 1. The fourth-order valence-corrected chi connectivity index (χ4v) is 6.24. The van der Waals surface area contributed by atoms with Crippen molar-refractivity contribution in [1.82, 2.24) is 40.4 Å². The van der Waals surface area contributed by atoms with E-state index in [0.717, 1.165) is 4.90 Å². The Kier molecular flexibility index (Phi) is 8.99. The van der Waals surface area contributed by atoms with Crippen molar-refractivity contribution < 1.29 is 41.9 Å². The minimum absolute atomic E-state index is 0.114. The molecule has 2 aromatic heterocycles. The Balaban J connectivity index is 1.45. The minimum Gasteiger partial charge on any atom is -0.463 e. The number of nitrogens with zero attached hydrogens (tertiary/aromatic N) is 7. The largest absolute Gasteiger partial charge is 0.463 e. The molecule has 1 aliphatic carbocycles. The average molecular weight is 730 g/mol. The van der Waals surface area contributed by atoms with Gasteiger partial charge in [-0.05, 0) is 47.9 Å². The predicted octanol–water partition coefficient (Wildman–Crippen LogP) is 5.63. The Hall–Kier alpha value is -5.52. The van der Waals surface area contributed by atoms with Gasteiger partial charge < -0.3 is 25.0 Å². The van der Waals surface area contributed by atoms with Crippen molar-refractivity contribution in [1.29, 1.82) is 0 Å². The standard InChI is InChI=1S/C32H31ClF3N9O6/c1-29(2,3)14-31(20-7-4-18(5-8-20)24-38-17-51-43-24)25(46)45(26(41-31)40-27(47)48)23(13-50-28(49)42-30(10-11-30)32(34,35)36)19-6-9-21(33)22(12-19)44-16-37-15-39-44/h4-9,12,15-17,23H,10-11,13-14H2,1-3H3,(H,40,41)(H,42,49)(H,47,48)/t23-,31?/m1/s1. The quantitative estimate of drug-likeness (QED) is 0.194. The molecule has 1 saturated carbocycles. The fourth-order valence-electron chi connectivity index (χ4n) is 6.04. The first-order valence-corrected chi connectivity index (χ1v) is 15.9. The Labute approximate surface area is 292 Å². The molecular weight excluding hydrogens is 699 g/mol. The van der Waals surface area contributed by atoms with E-state index in [1.54, 1.807) is 24.3 Å². The second kappa shape index (κ2) is 13.0. The highest BCUT2D eigenvalue weighted by molar-refractivity contribution is 6.32. The van der Waals surface area contributed by atoms with Crippen LogP contribution in [0.25, 0.3) is 17.1 Å². The number of nitrogens with one attached hydrogen (secondary N) is 2. The van der Waals surface area contributed by atoms with Crippen molar-refractivity contribution in [2.24, 2.45) is 10.4 Å². The molecule has 0 radical (unpaired) electrons. The van der Waals surface area contributed by atoms with Gasteiger partial charge in [-0.25, -0.2) is 19.3 Å². The van der Waals surface area contributed by atoms with Crippen LogP contribution in [0.4, 0.5) is 22.8 Å². The lowest BCUT2D eigenvalue weighted by Crippen LogP contribution is -2.49. The molecule has 1 unspecified atom stereocenters. The lowest BCUT2D eigenvalue weighted by molar-refractivity contribution is -0.164. The maximum Gasteiger partial charge on any atom is 0.434 e. The van der Waals surface area contributed by atoms with Gasteiger partial charge in [0.25, 0.3) is 5.91 Å². The Bertz CT molecular complexity index is 1960. The number of aromatic nitrogens is 5. The van der Waals surface area contributed by atoms with Crippen molar-refractivity contribution in [2.75, 3.05) is 6.61 Å². The molecule has 3 N–H and O–H groups in total. The predicted molar refractivity (Wildman–Crippen MR) is 173 cm³/mol. The Morgan fingerprint density at radius 1 is 1.18 bits per heavy atom. The number of halogens is 4. The third-order valence-electron chi connectivity index (χ3n) is 8.47. The van der Waals surface area contributed by atoms with Gasteiger partial charge in [0.05, 0.1) is 16.8 Å². The zero-order chi connectivity index (χ0) is 36.8. The van der Waals surface area contributed by atoms with Gasteiger partial charge in [-0.1, -0.05) is 67.9 Å². The summed E-state index contributed by atoms with van der Waals surface area (Å²) in [5.41, 5.74) is -3.05. The van der Waals surface area contributed by atoms with Crippen LogP contribution < -0.4 is 10.6 Å². The average Bonchev–Trinajstić information content (AvgIpc) is 3.39. The summed E-state index contributed by atoms with van der Waals surface area (Å²) >= 11 is 6.48. The lowest BCUT2D eigenvalue weighted by Gasteiger charge is -2.35. The molecule has 2 fully saturated rings. The third kappa shape index (κ3) is 7.08. The maximum absolute atomic E-state index is 15.0. The molecule has 3 amide bonds. The first kappa shape index (κ1) is 35.3. The van der Waals surface area contributed by atoms with Crippen molar-refractivity contribution in [3.63, 3.8) is 0 Å². The molecule has 2 aliphatic rings. The van der Waals surface area contributed by atoms with Crippen LogP contribution in [-0.4, -0.2) is 77.3 Å². The topological polar surface area (TPSA) is 190 Å². The summed E-state index contributed by atoms with van der Waals surface area (Å²) in [6, 6.07) is 9.79. The molecule has 2 aromatic carbocycles. The first-order chi connectivity index (χ1) is 24.0. The molecule has 19 heteroatoms. The van der Waals surface area contributed by atoms with Gasteiger partial charge in [0, 0.05) is 5.56 Å². The second-order valence-corrected chi connectivity index (χ2v) is 13.8. The van der Waals surface area contributed by atoms with E-state index in [9.17, 15) is 27.9 Å². The zero-order valence-corrected chi connectivity index (χ0v) is 28.1. The van der Waals surface area contributed by atoms with Gasteiger partial charge >= 0.3 is 18.4 Å². The van der Waals surface area contributed by atoms with E-state index in [0.29, 0.717) is 22.6 Å². The summed E-state index contributed by atoms with van der Waals surface area (Å²) in [6.45, 7) is 4.94. The molecule has 0 spiro atoms. The molecular formula is C32H31ClF3N9O6. The Morgan fingerprint density at radius 2 is 1.90 bits per heavy atom. The smallest absolute Gasteiger partial charge is 0.434 e. The number of rotatable bonds is 9. The van der Waals surface area contributed by atoms with E-state index in [4.69, 9.17) is 20.9 Å². The molecule has 51 heavy (non-hydrogen) atoms. The molecule has 2 atom stereocenters. The highest BCUT2D eigenvalue weighted by Gasteiger charge is 2.64. The zero-order valence-electron chi connectivity index (χ0n) is 27.3. The number of aliphatic imine (C=N–C) groups is 1. The van der Waals surface area contributed by atoms with Crippen LogP contribution in [0.5, 0.6) is 0 Å². The minimum atomic E-state index is -4.71.